The summed E-state index contributed by atoms with van der Waals surface area (Å²) >= 11 is 0. The molecule has 17 heavy (non-hydrogen) atoms. The zero-order valence-electron chi connectivity index (χ0n) is 8.91. The summed E-state index contributed by atoms with van der Waals surface area (Å²) in [6, 6.07) is 4.89. The third-order valence-electron chi connectivity index (χ3n) is 2.39. The molecule has 0 aliphatic heterocycles. The number of hydrogen-bond donors (Lipinski definition) is 2. The van der Waals surface area contributed by atoms with Crippen molar-refractivity contribution < 1.29 is 14.7 Å². The molecule has 0 spiro atoms. The van der Waals surface area contributed by atoms with Crippen molar-refractivity contribution in [1.82, 2.24) is 14.7 Å². The molecular formula is C11H11N3O3. The third-order valence-corrected chi connectivity index (χ3v) is 2.39. The van der Waals surface area contributed by atoms with Crippen LogP contribution < -0.4 is 5.32 Å². The number of aromatic nitrogens is 2. The van der Waals surface area contributed by atoms with Crippen molar-refractivity contribution in [3.8, 4) is 0 Å². The number of amides is 1. The number of nitrogens with one attached hydrogen (secondary N) is 1. The van der Waals surface area contributed by atoms with Crippen LogP contribution >= 0.6 is 0 Å². The lowest BCUT2D eigenvalue weighted by atomic mass is 10.1. The smallest absolute Gasteiger partial charge is 0.305 e. The van der Waals surface area contributed by atoms with E-state index in [9.17, 15) is 9.59 Å². The van der Waals surface area contributed by atoms with Crippen LogP contribution in [0.5, 0.6) is 0 Å². The highest BCUT2D eigenvalue weighted by Crippen LogP contribution is 2.16. The first-order valence-electron chi connectivity index (χ1n) is 5.06. The number of aliphatic carboxylic acids is 1. The number of carbonyl (C=O) groups is 2. The summed E-state index contributed by atoms with van der Waals surface area (Å²) in [6.45, 7) is 0. The molecule has 2 aromatic rings. The van der Waals surface area contributed by atoms with Gasteiger partial charge in [-0.15, -0.1) is 0 Å². The van der Waals surface area contributed by atoms with E-state index in [2.05, 4.69) is 10.3 Å². The van der Waals surface area contributed by atoms with Crippen LogP contribution in [0, 0.1) is 0 Å². The molecule has 1 atom stereocenters. The van der Waals surface area contributed by atoms with Crippen LogP contribution in [-0.4, -0.2) is 26.9 Å². The number of rotatable bonds is 5. The van der Waals surface area contributed by atoms with Gasteiger partial charge in [-0.05, 0) is 12.1 Å². The lowest BCUT2D eigenvalue weighted by Gasteiger charge is -2.09. The maximum atomic E-state index is 10.7. The predicted octanol–water partition coefficient (Wildman–Crippen LogP) is 0.596. The molecule has 6 nitrogen and oxygen atoms in total. The second-order valence-corrected chi connectivity index (χ2v) is 3.57. The monoisotopic (exact) mass is 233 g/mol. The van der Waals surface area contributed by atoms with Gasteiger partial charge < -0.3 is 14.8 Å². The maximum Gasteiger partial charge on any atom is 0.305 e. The molecule has 0 fully saturated rings. The Morgan fingerprint density at radius 2 is 2.41 bits per heavy atom. The molecule has 6 heteroatoms. The first kappa shape index (κ1) is 11.1. The number of fused-ring (bicyclic) bond motifs is 1. The Bertz CT molecular complexity index is 517. The lowest BCUT2D eigenvalue weighted by Crippen LogP contribution is -2.22. The summed E-state index contributed by atoms with van der Waals surface area (Å²) in [5.41, 5.74) is 1.25. The van der Waals surface area contributed by atoms with Gasteiger partial charge in [-0.25, -0.2) is 4.98 Å². The number of nitrogens with zero attached hydrogens (tertiary/aromatic N) is 2. The number of carboxylic acid groups (broad SMARTS) is 1. The van der Waals surface area contributed by atoms with Gasteiger partial charge in [-0.2, -0.15) is 0 Å². The van der Waals surface area contributed by atoms with Gasteiger partial charge >= 0.3 is 5.97 Å². The molecule has 0 aliphatic rings. The fourth-order valence-electron chi connectivity index (χ4n) is 1.63. The Kier molecular flexibility index (Phi) is 3.04. The molecule has 0 radical (unpaired) electrons. The van der Waals surface area contributed by atoms with Crippen LogP contribution in [0.15, 0.2) is 30.6 Å². The molecule has 2 aromatic heterocycles. The molecule has 0 aromatic carbocycles. The van der Waals surface area contributed by atoms with Gasteiger partial charge in [0.1, 0.15) is 5.65 Å². The normalized spacial score (nSPS) is 12.2. The van der Waals surface area contributed by atoms with E-state index in [-0.39, 0.29) is 6.42 Å². The molecule has 0 bridgehead atoms. The van der Waals surface area contributed by atoms with Gasteiger partial charge in [0.25, 0.3) is 0 Å². The number of carbonyl (C=O) groups excluding carboxylic acids is 1. The summed E-state index contributed by atoms with van der Waals surface area (Å²) in [5.74, 6) is -0.985. The first-order chi connectivity index (χ1) is 8.20. The van der Waals surface area contributed by atoms with Crippen molar-refractivity contribution in [3.05, 3.63) is 36.3 Å². The van der Waals surface area contributed by atoms with Gasteiger partial charge in [0.2, 0.25) is 6.41 Å². The van der Waals surface area contributed by atoms with Crippen molar-refractivity contribution >= 4 is 18.0 Å². The van der Waals surface area contributed by atoms with Crippen molar-refractivity contribution in [1.29, 1.82) is 0 Å². The minimum absolute atomic E-state index is 0.192. The molecule has 0 saturated carbocycles. The van der Waals surface area contributed by atoms with Crippen LogP contribution in [0.2, 0.25) is 0 Å². The van der Waals surface area contributed by atoms with E-state index >= 15 is 0 Å². The number of hydrogen-bond acceptors (Lipinski definition) is 3. The van der Waals surface area contributed by atoms with Crippen LogP contribution in [0.1, 0.15) is 18.2 Å². The Morgan fingerprint density at radius 1 is 1.59 bits per heavy atom. The molecule has 1 unspecified atom stereocenters. The van der Waals surface area contributed by atoms with Crippen LogP contribution in [-0.2, 0) is 9.59 Å². The van der Waals surface area contributed by atoms with Gasteiger partial charge in [0, 0.05) is 12.4 Å². The highest BCUT2D eigenvalue weighted by molar-refractivity contribution is 5.68. The average Bonchev–Trinajstić information content (AvgIpc) is 2.71. The molecule has 1 amide bonds. The van der Waals surface area contributed by atoms with E-state index in [1.807, 2.05) is 24.4 Å². The van der Waals surface area contributed by atoms with Gasteiger partial charge in [0.05, 0.1) is 18.2 Å². The van der Waals surface area contributed by atoms with Gasteiger partial charge in [-0.3, -0.25) is 9.59 Å². The summed E-state index contributed by atoms with van der Waals surface area (Å²) < 4.78 is 1.77. The van der Waals surface area contributed by atoms with Crippen LogP contribution in [0.25, 0.3) is 5.65 Å². The summed E-state index contributed by atoms with van der Waals surface area (Å²) in [6.07, 6.45) is 3.81. The molecular weight excluding hydrogens is 222 g/mol. The van der Waals surface area contributed by atoms with Gasteiger partial charge in [-0.1, -0.05) is 6.07 Å². The summed E-state index contributed by atoms with van der Waals surface area (Å²) in [7, 11) is 0. The highest BCUT2D eigenvalue weighted by atomic mass is 16.4. The van der Waals surface area contributed by atoms with E-state index in [1.165, 1.54) is 0 Å². The minimum atomic E-state index is -0.985. The average molecular weight is 233 g/mol. The maximum absolute atomic E-state index is 10.7. The fourth-order valence-corrected chi connectivity index (χ4v) is 1.63. The first-order valence-corrected chi connectivity index (χ1v) is 5.06. The molecule has 2 N–H and O–H groups in total. The molecule has 2 heterocycles. The molecule has 0 saturated heterocycles. The molecule has 2 rings (SSSR count). The fraction of sp³-hybridized carbons (Fsp3) is 0.182. The SMILES string of the molecule is O=CNC(CC(=O)O)c1cn2ccccc2n1. The standard InChI is InChI=1S/C11H11N3O3/c15-7-12-8(5-11(16)17)9-6-14-4-2-1-3-10(14)13-9/h1-4,6-8H,5H2,(H,12,15)(H,16,17). The Hall–Kier alpha value is -2.37. The molecule has 0 aliphatic carbocycles. The van der Waals surface area contributed by atoms with E-state index in [1.54, 1.807) is 10.6 Å². The number of carboxylic acids is 1. The van der Waals surface area contributed by atoms with Crippen molar-refractivity contribution in [2.45, 2.75) is 12.5 Å². The topological polar surface area (TPSA) is 83.7 Å². The Balaban J connectivity index is 2.34. The predicted molar refractivity (Wildman–Crippen MR) is 59.4 cm³/mol. The van der Waals surface area contributed by atoms with E-state index in [4.69, 9.17) is 5.11 Å². The van der Waals surface area contributed by atoms with Crippen molar-refractivity contribution in [2.24, 2.45) is 0 Å². The lowest BCUT2D eigenvalue weighted by molar-refractivity contribution is -0.137. The second-order valence-electron chi connectivity index (χ2n) is 3.57. The van der Waals surface area contributed by atoms with E-state index in [0.29, 0.717) is 17.8 Å². The van der Waals surface area contributed by atoms with E-state index < -0.39 is 12.0 Å². The zero-order chi connectivity index (χ0) is 12.3. The van der Waals surface area contributed by atoms with Gasteiger partial charge in [0.15, 0.2) is 0 Å². The number of pyridine rings is 1. The quantitative estimate of drug-likeness (QED) is 0.740. The zero-order valence-corrected chi connectivity index (χ0v) is 8.91. The van der Waals surface area contributed by atoms with Crippen LogP contribution in [0.4, 0.5) is 0 Å². The molecule has 88 valence electrons. The van der Waals surface area contributed by atoms with Crippen LogP contribution in [0.3, 0.4) is 0 Å². The van der Waals surface area contributed by atoms with Crippen molar-refractivity contribution in [2.75, 3.05) is 0 Å². The largest absolute Gasteiger partial charge is 0.481 e. The third kappa shape index (κ3) is 2.41. The summed E-state index contributed by atoms with van der Waals surface area (Å²) in [5, 5.41) is 11.2. The Labute approximate surface area is 96.9 Å². The number of imidazole rings is 1. The Morgan fingerprint density at radius 3 is 3.06 bits per heavy atom. The second kappa shape index (κ2) is 4.65. The highest BCUT2D eigenvalue weighted by Gasteiger charge is 2.17. The van der Waals surface area contributed by atoms with E-state index in [0.717, 1.165) is 0 Å². The van der Waals surface area contributed by atoms with Crippen molar-refractivity contribution in [3.63, 3.8) is 0 Å². The minimum Gasteiger partial charge on any atom is -0.481 e. The summed E-state index contributed by atoms with van der Waals surface area (Å²) in [4.78, 5) is 25.4.